The fourth-order valence-electron chi connectivity index (χ4n) is 3.23. The molecule has 148 valence electrons. The van der Waals surface area contributed by atoms with E-state index in [9.17, 15) is 13.2 Å². The summed E-state index contributed by atoms with van der Waals surface area (Å²) in [5, 5.41) is 8.13. The molecule has 1 aliphatic rings. The van der Waals surface area contributed by atoms with E-state index in [4.69, 9.17) is 4.52 Å². The third kappa shape index (κ3) is 3.40. The molecule has 0 unspecified atom stereocenters. The van der Waals surface area contributed by atoms with Crippen LogP contribution in [0.4, 0.5) is 0 Å². The van der Waals surface area contributed by atoms with Crippen molar-refractivity contribution in [3.8, 4) is 11.4 Å². The van der Waals surface area contributed by atoms with Gasteiger partial charge in [0.1, 0.15) is 10.6 Å². The molecule has 1 fully saturated rings. The average Bonchev–Trinajstić information content (AvgIpc) is 3.36. The minimum atomic E-state index is -3.78. The topological polar surface area (TPSA) is 112 Å². The highest BCUT2D eigenvalue weighted by molar-refractivity contribution is 7.89. The summed E-state index contributed by atoms with van der Waals surface area (Å²) >= 11 is 0. The summed E-state index contributed by atoms with van der Waals surface area (Å²) in [5.41, 5.74) is 0.936. The first-order valence-electron chi connectivity index (χ1n) is 9.06. The quantitative estimate of drug-likeness (QED) is 0.642. The highest BCUT2D eigenvalue weighted by Gasteiger charge is 2.30. The van der Waals surface area contributed by atoms with E-state index < -0.39 is 10.0 Å². The van der Waals surface area contributed by atoms with Gasteiger partial charge in [0.2, 0.25) is 10.0 Å². The normalized spacial score (nSPS) is 14.5. The van der Waals surface area contributed by atoms with Crippen LogP contribution in [-0.4, -0.2) is 34.5 Å². The molecule has 28 heavy (non-hydrogen) atoms. The van der Waals surface area contributed by atoms with E-state index in [1.807, 2.05) is 30.3 Å². The molecule has 0 bridgehead atoms. The van der Waals surface area contributed by atoms with Crippen molar-refractivity contribution < 1.29 is 12.9 Å². The van der Waals surface area contributed by atoms with E-state index in [1.54, 1.807) is 18.4 Å². The van der Waals surface area contributed by atoms with Crippen LogP contribution in [-0.2, 0) is 16.6 Å². The molecule has 0 spiro atoms. The molecule has 10 heteroatoms. The van der Waals surface area contributed by atoms with Crippen molar-refractivity contribution in [2.75, 3.05) is 6.54 Å². The highest BCUT2D eigenvalue weighted by atomic mass is 32.2. The van der Waals surface area contributed by atoms with Crippen LogP contribution in [0.3, 0.4) is 0 Å². The third-order valence-electron chi connectivity index (χ3n) is 4.67. The highest BCUT2D eigenvalue weighted by Crippen LogP contribution is 2.36. The Balaban J connectivity index is 1.55. The fraction of sp³-hybridized carbons (Fsp3) is 0.389. The number of nitrogens with zero attached hydrogens (tertiary/aromatic N) is 4. The maximum absolute atomic E-state index is 12.8. The van der Waals surface area contributed by atoms with Gasteiger partial charge in [0.15, 0.2) is 11.6 Å². The van der Waals surface area contributed by atoms with Gasteiger partial charge in [0.25, 0.3) is 0 Å². The zero-order valence-corrected chi connectivity index (χ0v) is 16.4. The minimum Gasteiger partial charge on any atom is -0.360 e. The molecule has 2 heterocycles. The molecular formula is C18H21N5O4S. The van der Waals surface area contributed by atoms with Crippen LogP contribution >= 0.6 is 0 Å². The smallest absolute Gasteiger partial charge is 0.346 e. The number of sulfonamides is 1. The van der Waals surface area contributed by atoms with Crippen molar-refractivity contribution in [2.45, 2.75) is 44.2 Å². The second-order valence-corrected chi connectivity index (χ2v) is 8.55. The predicted molar refractivity (Wildman–Crippen MR) is 101 cm³/mol. The lowest BCUT2D eigenvalue weighted by Gasteiger charge is -2.05. The summed E-state index contributed by atoms with van der Waals surface area (Å²) in [6.45, 7) is 3.27. The van der Waals surface area contributed by atoms with E-state index in [0.717, 1.165) is 18.4 Å². The summed E-state index contributed by atoms with van der Waals surface area (Å²) in [5.74, 6) is 0.841. The fourth-order valence-corrected chi connectivity index (χ4v) is 4.57. The summed E-state index contributed by atoms with van der Waals surface area (Å²) in [6.07, 6.45) is 1.90. The molecule has 0 radical (unpaired) electrons. The Hall–Kier alpha value is -2.72. The van der Waals surface area contributed by atoms with Crippen molar-refractivity contribution in [1.29, 1.82) is 0 Å². The molecule has 1 N–H and O–H groups in total. The Labute approximate surface area is 162 Å². The number of hydrogen-bond acceptors (Lipinski definition) is 6. The molecule has 1 saturated carbocycles. The van der Waals surface area contributed by atoms with Crippen LogP contribution in [0.15, 0.2) is 44.5 Å². The van der Waals surface area contributed by atoms with E-state index in [-0.39, 0.29) is 35.5 Å². The lowest BCUT2D eigenvalue weighted by molar-refractivity contribution is 0.390. The molecule has 0 amide bonds. The second kappa shape index (κ2) is 7.02. The van der Waals surface area contributed by atoms with Gasteiger partial charge in [-0.25, -0.2) is 22.6 Å². The first-order valence-corrected chi connectivity index (χ1v) is 10.5. The zero-order chi connectivity index (χ0) is 19.9. The minimum absolute atomic E-state index is 0.0300. The SMILES string of the molecule is Cc1noc(C)c1S(=O)(=O)NCCn1nc(-c2ccccc2)n(C2CC2)c1=O. The van der Waals surface area contributed by atoms with Crippen LogP contribution in [0.25, 0.3) is 11.4 Å². The van der Waals surface area contributed by atoms with Gasteiger partial charge in [-0.15, -0.1) is 5.10 Å². The third-order valence-corrected chi connectivity index (χ3v) is 6.37. The maximum Gasteiger partial charge on any atom is 0.346 e. The number of aryl methyl sites for hydroxylation is 2. The lowest BCUT2D eigenvalue weighted by atomic mass is 10.2. The van der Waals surface area contributed by atoms with Gasteiger partial charge in [0.05, 0.1) is 6.54 Å². The van der Waals surface area contributed by atoms with Gasteiger partial charge in [-0.3, -0.25) is 4.57 Å². The average molecular weight is 403 g/mol. The molecule has 0 saturated heterocycles. The van der Waals surface area contributed by atoms with Crippen molar-refractivity contribution in [1.82, 2.24) is 24.2 Å². The Kier molecular flexibility index (Phi) is 4.68. The standard InChI is InChI=1S/C18H21N5O4S/c1-12-16(13(2)27-21-12)28(25,26)19-10-11-22-18(24)23(15-8-9-15)17(20-22)14-6-4-3-5-7-14/h3-7,15,19H,8-11H2,1-2H3. The van der Waals surface area contributed by atoms with Gasteiger partial charge in [0, 0.05) is 18.2 Å². The van der Waals surface area contributed by atoms with E-state index in [0.29, 0.717) is 11.5 Å². The molecule has 2 aromatic heterocycles. The molecular weight excluding hydrogens is 382 g/mol. The molecule has 4 rings (SSSR count). The van der Waals surface area contributed by atoms with Crippen molar-refractivity contribution in [3.05, 3.63) is 52.3 Å². The summed E-state index contributed by atoms with van der Waals surface area (Å²) in [6, 6.07) is 9.68. The molecule has 3 aromatic rings. The Bertz CT molecular complexity index is 1140. The Morgan fingerprint density at radius 2 is 1.93 bits per heavy atom. The van der Waals surface area contributed by atoms with Gasteiger partial charge < -0.3 is 4.52 Å². The number of benzene rings is 1. The van der Waals surface area contributed by atoms with Gasteiger partial charge in [-0.05, 0) is 26.7 Å². The maximum atomic E-state index is 12.8. The van der Waals surface area contributed by atoms with E-state index >= 15 is 0 Å². The first kappa shape index (κ1) is 18.6. The largest absolute Gasteiger partial charge is 0.360 e. The van der Waals surface area contributed by atoms with E-state index in [2.05, 4.69) is 15.0 Å². The van der Waals surface area contributed by atoms with Crippen LogP contribution in [0, 0.1) is 13.8 Å². The summed E-state index contributed by atoms with van der Waals surface area (Å²) in [4.78, 5) is 12.8. The number of nitrogens with one attached hydrogen (secondary N) is 1. The summed E-state index contributed by atoms with van der Waals surface area (Å²) in [7, 11) is -3.78. The predicted octanol–water partition coefficient (Wildman–Crippen LogP) is 1.63. The van der Waals surface area contributed by atoms with Crippen LogP contribution < -0.4 is 10.4 Å². The van der Waals surface area contributed by atoms with Gasteiger partial charge in [-0.1, -0.05) is 35.5 Å². The number of hydrogen-bond donors (Lipinski definition) is 1. The Morgan fingerprint density at radius 1 is 1.21 bits per heavy atom. The van der Waals surface area contributed by atoms with Gasteiger partial charge in [-0.2, -0.15) is 0 Å². The van der Waals surface area contributed by atoms with Crippen molar-refractivity contribution in [3.63, 3.8) is 0 Å². The van der Waals surface area contributed by atoms with Crippen molar-refractivity contribution >= 4 is 10.0 Å². The van der Waals surface area contributed by atoms with E-state index in [1.165, 1.54) is 4.68 Å². The molecule has 0 atom stereocenters. The number of rotatable bonds is 7. The monoisotopic (exact) mass is 403 g/mol. The van der Waals surface area contributed by atoms with Crippen LogP contribution in [0.5, 0.6) is 0 Å². The second-order valence-electron chi connectivity index (χ2n) is 6.85. The summed E-state index contributed by atoms with van der Waals surface area (Å²) < 4.78 is 35.4. The molecule has 0 aliphatic heterocycles. The van der Waals surface area contributed by atoms with Gasteiger partial charge >= 0.3 is 5.69 Å². The number of aromatic nitrogens is 4. The molecule has 1 aromatic carbocycles. The molecule has 9 nitrogen and oxygen atoms in total. The van der Waals surface area contributed by atoms with Crippen molar-refractivity contribution in [2.24, 2.45) is 0 Å². The van der Waals surface area contributed by atoms with Crippen LogP contribution in [0.2, 0.25) is 0 Å². The molecule has 1 aliphatic carbocycles. The Morgan fingerprint density at radius 3 is 2.54 bits per heavy atom. The van der Waals surface area contributed by atoms with Crippen LogP contribution in [0.1, 0.15) is 30.3 Å². The first-order chi connectivity index (χ1) is 13.4. The zero-order valence-electron chi connectivity index (χ0n) is 15.6. The lowest BCUT2D eigenvalue weighted by Crippen LogP contribution is -2.32.